The molecule has 28 heavy (non-hydrogen) atoms. The lowest BCUT2D eigenvalue weighted by molar-refractivity contribution is -0.115. The first-order valence-electron chi connectivity index (χ1n) is 9.06. The second-order valence-corrected chi connectivity index (χ2v) is 7.67. The number of alkyl carbamates (subject to hydrolysis) is 1. The van der Waals surface area contributed by atoms with E-state index in [1.54, 1.807) is 12.1 Å². The van der Waals surface area contributed by atoms with Crippen LogP contribution in [0.4, 0.5) is 14.2 Å². The van der Waals surface area contributed by atoms with Gasteiger partial charge < -0.3 is 10.1 Å². The summed E-state index contributed by atoms with van der Waals surface area (Å²) in [5.74, 6) is -1.26. The van der Waals surface area contributed by atoms with Crippen molar-refractivity contribution in [3.63, 3.8) is 0 Å². The highest BCUT2D eigenvalue weighted by molar-refractivity contribution is 7.17. The zero-order valence-corrected chi connectivity index (χ0v) is 16.3. The van der Waals surface area contributed by atoms with Crippen LogP contribution >= 0.6 is 11.3 Å². The van der Waals surface area contributed by atoms with Crippen molar-refractivity contribution >= 4 is 34.2 Å². The number of carbonyl (C=O) groups excluding carboxylic acids is 3. The monoisotopic (exact) mass is 404 g/mol. The fraction of sp³-hybridized carbons (Fsp3) is 0.350. The Labute approximate surface area is 166 Å². The lowest BCUT2D eigenvalue weighted by Crippen LogP contribution is -2.31. The third kappa shape index (κ3) is 4.75. The fourth-order valence-electron chi connectivity index (χ4n) is 3.24. The zero-order valence-electron chi connectivity index (χ0n) is 15.5. The van der Waals surface area contributed by atoms with Gasteiger partial charge in [0, 0.05) is 4.88 Å². The molecule has 1 aromatic carbocycles. The van der Waals surface area contributed by atoms with Crippen LogP contribution in [0.1, 0.15) is 45.6 Å². The summed E-state index contributed by atoms with van der Waals surface area (Å²) in [7, 11) is 1.18. The van der Waals surface area contributed by atoms with Crippen molar-refractivity contribution in [3.8, 4) is 0 Å². The second-order valence-electron chi connectivity index (χ2n) is 6.57. The Balaban J connectivity index is 1.84. The predicted octanol–water partition coefficient (Wildman–Crippen LogP) is 3.83. The molecule has 3 amide bonds. The molecule has 2 N–H and O–H groups in total. The van der Waals surface area contributed by atoms with E-state index in [0.29, 0.717) is 16.1 Å². The lowest BCUT2D eigenvalue weighted by Gasteiger charge is -2.09. The van der Waals surface area contributed by atoms with E-state index < -0.39 is 12.0 Å². The van der Waals surface area contributed by atoms with Crippen molar-refractivity contribution in [1.29, 1.82) is 0 Å². The van der Waals surface area contributed by atoms with Gasteiger partial charge in [-0.1, -0.05) is 18.6 Å². The molecule has 0 radical (unpaired) electrons. The molecule has 0 fully saturated rings. The summed E-state index contributed by atoms with van der Waals surface area (Å²) in [5.41, 5.74) is 1.89. The molecule has 0 bridgehead atoms. The first-order chi connectivity index (χ1) is 13.5. The summed E-state index contributed by atoms with van der Waals surface area (Å²) in [4.78, 5) is 37.7. The number of rotatable bonds is 4. The van der Waals surface area contributed by atoms with Gasteiger partial charge in [0.05, 0.1) is 19.1 Å². The van der Waals surface area contributed by atoms with Gasteiger partial charge in [0.2, 0.25) is 5.91 Å². The molecule has 8 heteroatoms. The Hall–Kier alpha value is -2.74. The van der Waals surface area contributed by atoms with Crippen molar-refractivity contribution in [3.05, 3.63) is 51.7 Å². The molecular formula is C20H21FN2O4S. The third-order valence-corrected chi connectivity index (χ3v) is 5.79. The van der Waals surface area contributed by atoms with Crippen molar-refractivity contribution in [2.75, 3.05) is 12.4 Å². The summed E-state index contributed by atoms with van der Waals surface area (Å²) in [6.07, 6.45) is 3.82. The third-order valence-electron chi connectivity index (χ3n) is 4.58. The van der Waals surface area contributed by atoms with Crippen LogP contribution in [0.3, 0.4) is 0 Å². The smallest absolute Gasteiger partial charge is 0.413 e. The number of aryl methyl sites for hydroxylation is 1. The Morgan fingerprint density at radius 1 is 1.11 bits per heavy atom. The van der Waals surface area contributed by atoms with Crippen LogP contribution in [0.25, 0.3) is 0 Å². The molecule has 1 heterocycles. The number of benzene rings is 1. The maximum atomic E-state index is 13.0. The highest BCUT2D eigenvalue weighted by Crippen LogP contribution is 2.37. The molecule has 1 aromatic heterocycles. The number of carbonyl (C=O) groups is 3. The molecule has 0 atom stereocenters. The van der Waals surface area contributed by atoms with Gasteiger partial charge in [-0.2, -0.15) is 0 Å². The molecule has 0 saturated heterocycles. The minimum atomic E-state index is -0.845. The number of methoxy groups -OCH3 is 1. The van der Waals surface area contributed by atoms with Crippen molar-refractivity contribution in [2.45, 2.75) is 38.5 Å². The van der Waals surface area contributed by atoms with Crippen molar-refractivity contribution < 1.29 is 23.5 Å². The normalized spacial score (nSPS) is 13.2. The summed E-state index contributed by atoms with van der Waals surface area (Å²) < 4.78 is 17.5. The highest BCUT2D eigenvalue weighted by Gasteiger charge is 2.26. The minimum Gasteiger partial charge on any atom is -0.453 e. The maximum absolute atomic E-state index is 13.0. The number of halogens is 1. The standard InChI is InChI=1S/C20H21FN2O4S/c1-27-20(26)23-18(25)17-14-5-3-2-4-6-15(14)28-19(17)22-16(24)11-12-7-9-13(21)10-8-12/h7-10H,2-6,11H2,1H3,(H,22,24)(H,23,25,26). The second kappa shape index (κ2) is 8.97. The van der Waals surface area contributed by atoms with Gasteiger partial charge in [0.25, 0.3) is 5.91 Å². The predicted molar refractivity (Wildman–Crippen MR) is 104 cm³/mol. The van der Waals surface area contributed by atoms with Gasteiger partial charge >= 0.3 is 6.09 Å². The quantitative estimate of drug-likeness (QED) is 0.759. The van der Waals surface area contributed by atoms with E-state index in [0.717, 1.165) is 42.5 Å². The molecule has 148 valence electrons. The van der Waals surface area contributed by atoms with Crippen LogP contribution in [-0.2, 0) is 28.8 Å². The number of imide groups is 1. The van der Waals surface area contributed by atoms with Gasteiger partial charge in [-0.15, -0.1) is 11.3 Å². The SMILES string of the molecule is COC(=O)NC(=O)c1c(NC(=O)Cc2ccc(F)cc2)sc2c1CCCCC2. The van der Waals surface area contributed by atoms with Crippen molar-refractivity contribution in [2.24, 2.45) is 0 Å². The molecule has 1 aliphatic carbocycles. The van der Waals surface area contributed by atoms with E-state index in [4.69, 9.17) is 0 Å². The minimum absolute atomic E-state index is 0.0565. The number of anilines is 1. The Bertz CT molecular complexity index is 892. The van der Waals surface area contributed by atoms with E-state index in [9.17, 15) is 18.8 Å². The van der Waals surface area contributed by atoms with Crippen LogP contribution < -0.4 is 10.6 Å². The first-order valence-corrected chi connectivity index (χ1v) is 9.87. The molecule has 0 aliphatic heterocycles. The van der Waals surface area contributed by atoms with Gasteiger partial charge in [0.15, 0.2) is 0 Å². The number of amides is 3. The van der Waals surface area contributed by atoms with Crippen LogP contribution in [0.2, 0.25) is 0 Å². The topological polar surface area (TPSA) is 84.5 Å². The summed E-state index contributed by atoms with van der Waals surface area (Å²) in [6.45, 7) is 0. The number of thiophene rings is 1. The number of nitrogens with one attached hydrogen (secondary N) is 2. The van der Waals surface area contributed by atoms with E-state index in [1.165, 1.54) is 30.6 Å². The number of fused-ring (bicyclic) bond motifs is 1. The molecule has 0 spiro atoms. The molecule has 2 aromatic rings. The number of hydrogen-bond acceptors (Lipinski definition) is 5. The fourth-order valence-corrected chi connectivity index (χ4v) is 4.54. The maximum Gasteiger partial charge on any atom is 0.413 e. The van der Waals surface area contributed by atoms with Gasteiger partial charge in [-0.3, -0.25) is 14.9 Å². The molecule has 3 rings (SSSR count). The molecule has 0 saturated carbocycles. The van der Waals surface area contributed by atoms with Crippen LogP contribution in [-0.4, -0.2) is 25.0 Å². The van der Waals surface area contributed by atoms with Gasteiger partial charge in [0.1, 0.15) is 10.8 Å². The summed E-state index contributed by atoms with van der Waals surface area (Å²) in [6, 6.07) is 5.68. The van der Waals surface area contributed by atoms with Gasteiger partial charge in [-0.05, 0) is 48.9 Å². The van der Waals surface area contributed by atoms with Crippen LogP contribution in [0.5, 0.6) is 0 Å². The number of ether oxygens (including phenoxy) is 1. The van der Waals surface area contributed by atoms with E-state index in [1.807, 2.05) is 0 Å². The molecule has 1 aliphatic rings. The lowest BCUT2D eigenvalue weighted by atomic mass is 10.0. The highest BCUT2D eigenvalue weighted by atomic mass is 32.1. The molecular weight excluding hydrogens is 383 g/mol. The van der Waals surface area contributed by atoms with Crippen LogP contribution in [0, 0.1) is 5.82 Å². The molecule has 0 unspecified atom stereocenters. The van der Waals surface area contributed by atoms with E-state index in [2.05, 4.69) is 15.4 Å². The average Bonchev–Trinajstić information content (AvgIpc) is 2.83. The van der Waals surface area contributed by atoms with E-state index >= 15 is 0 Å². The zero-order chi connectivity index (χ0) is 20.1. The average molecular weight is 404 g/mol. The van der Waals surface area contributed by atoms with E-state index in [-0.39, 0.29) is 18.1 Å². The van der Waals surface area contributed by atoms with Gasteiger partial charge in [-0.25, -0.2) is 9.18 Å². The Morgan fingerprint density at radius 3 is 2.54 bits per heavy atom. The Kier molecular flexibility index (Phi) is 6.41. The van der Waals surface area contributed by atoms with Crippen LogP contribution in [0.15, 0.2) is 24.3 Å². The summed E-state index contributed by atoms with van der Waals surface area (Å²) >= 11 is 1.37. The largest absolute Gasteiger partial charge is 0.453 e. The number of hydrogen-bond donors (Lipinski definition) is 2. The molecule has 6 nitrogen and oxygen atoms in total. The summed E-state index contributed by atoms with van der Waals surface area (Å²) in [5, 5.41) is 5.41. The van der Waals surface area contributed by atoms with Crippen molar-refractivity contribution in [1.82, 2.24) is 5.32 Å². The Morgan fingerprint density at radius 2 is 1.82 bits per heavy atom. The first kappa shape index (κ1) is 20.0.